The number of anilines is 3. The highest BCUT2D eigenvalue weighted by Gasteiger charge is 2.15. The van der Waals surface area contributed by atoms with Crippen molar-refractivity contribution in [2.24, 2.45) is 0 Å². The summed E-state index contributed by atoms with van der Waals surface area (Å²) >= 11 is 0. The highest BCUT2D eigenvalue weighted by Crippen LogP contribution is 2.26. The number of nitrogens with zero attached hydrogens (tertiary/aromatic N) is 3. The SMILES string of the molecule is Cc1cc(N2CCOCC2)nc(Nc2ccccc2C(C)C)n1. The summed E-state index contributed by atoms with van der Waals surface area (Å²) in [5, 5.41) is 3.39. The van der Waals surface area contributed by atoms with Crippen molar-refractivity contribution in [3.8, 4) is 0 Å². The maximum absolute atomic E-state index is 5.42. The Balaban J connectivity index is 1.87. The Hall–Kier alpha value is -2.14. The smallest absolute Gasteiger partial charge is 0.229 e. The fourth-order valence-corrected chi connectivity index (χ4v) is 2.80. The zero-order valence-corrected chi connectivity index (χ0v) is 14.0. The van der Waals surface area contributed by atoms with Gasteiger partial charge < -0.3 is 15.0 Å². The molecule has 1 aromatic heterocycles. The fourth-order valence-electron chi connectivity index (χ4n) is 2.80. The lowest BCUT2D eigenvalue weighted by Gasteiger charge is -2.28. The second-order valence-corrected chi connectivity index (χ2v) is 6.16. The van der Waals surface area contributed by atoms with Gasteiger partial charge in [-0.3, -0.25) is 0 Å². The molecule has 5 heteroatoms. The summed E-state index contributed by atoms with van der Waals surface area (Å²) in [6.45, 7) is 9.64. The van der Waals surface area contributed by atoms with E-state index in [0.717, 1.165) is 43.5 Å². The second-order valence-electron chi connectivity index (χ2n) is 6.16. The molecule has 0 bridgehead atoms. The van der Waals surface area contributed by atoms with Gasteiger partial charge in [-0.1, -0.05) is 32.0 Å². The lowest BCUT2D eigenvalue weighted by molar-refractivity contribution is 0.122. The first-order chi connectivity index (χ1) is 11.1. The molecule has 5 nitrogen and oxygen atoms in total. The quantitative estimate of drug-likeness (QED) is 0.936. The van der Waals surface area contributed by atoms with E-state index < -0.39 is 0 Å². The molecule has 1 N–H and O–H groups in total. The molecule has 23 heavy (non-hydrogen) atoms. The van der Waals surface area contributed by atoms with Crippen LogP contribution in [0.15, 0.2) is 30.3 Å². The minimum absolute atomic E-state index is 0.447. The van der Waals surface area contributed by atoms with Crippen LogP contribution in [0.5, 0.6) is 0 Å². The number of para-hydroxylation sites is 1. The predicted octanol–water partition coefficient (Wildman–Crippen LogP) is 3.49. The number of hydrogen-bond donors (Lipinski definition) is 1. The Bertz CT molecular complexity index is 666. The standard InChI is InChI=1S/C18H24N4O/c1-13(2)15-6-4-5-7-16(15)20-18-19-14(3)12-17(21-18)22-8-10-23-11-9-22/h4-7,12-13H,8-11H2,1-3H3,(H,19,20,21). The van der Waals surface area contributed by atoms with Crippen molar-refractivity contribution >= 4 is 17.5 Å². The minimum Gasteiger partial charge on any atom is -0.378 e. The predicted molar refractivity (Wildman–Crippen MR) is 93.6 cm³/mol. The zero-order valence-electron chi connectivity index (χ0n) is 14.0. The third kappa shape index (κ3) is 3.79. The topological polar surface area (TPSA) is 50.3 Å². The number of benzene rings is 1. The maximum atomic E-state index is 5.42. The number of ether oxygens (including phenoxy) is 1. The lowest BCUT2D eigenvalue weighted by Crippen LogP contribution is -2.36. The summed E-state index contributed by atoms with van der Waals surface area (Å²) in [6.07, 6.45) is 0. The van der Waals surface area contributed by atoms with Crippen LogP contribution in [0.4, 0.5) is 17.5 Å². The van der Waals surface area contributed by atoms with Gasteiger partial charge in [0.2, 0.25) is 5.95 Å². The summed E-state index contributed by atoms with van der Waals surface area (Å²) < 4.78 is 5.42. The van der Waals surface area contributed by atoms with E-state index in [4.69, 9.17) is 9.72 Å². The van der Waals surface area contributed by atoms with Crippen LogP contribution >= 0.6 is 0 Å². The first-order valence-corrected chi connectivity index (χ1v) is 8.18. The molecule has 122 valence electrons. The molecule has 1 aliphatic heterocycles. The Morgan fingerprint density at radius 2 is 1.87 bits per heavy atom. The van der Waals surface area contributed by atoms with Gasteiger partial charge >= 0.3 is 0 Å². The van der Waals surface area contributed by atoms with E-state index >= 15 is 0 Å². The molecule has 0 atom stereocenters. The van der Waals surface area contributed by atoms with Gasteiger partial charge in [0.1, 0.15) is 5.82 Å². The molecule has 2 heterocycles. The van der Waals surface area contributed by atoms with E-state index in [2.05, 4.69) is 47.2 Å². The van der Waals surface area contributed by atoms with E-state index in [-0.39, 0.29) is 0 Å². The maximum Gasteiger partial charge on any atom is 0.229 e. The summed E-state index contributed by atoms with van der Waals surface area (Å²) in [6, 6.07) is 10.4. The van der Waals surface area contributed by atoms with E-state index in [1.54, 1.807) is 0 Å². The molecule has 0 saturated carbocycles. The van der Waals surface area contributed by atoms with E-state index in [1.165, 1.54) is 5.56 Å². The number of nitrogens with one attached hydrogen (secondary N) is 1. The summed E-state index contributed by atoms with van der Waals surface area (Å²) in [7, 11) is 0. The van der Waals surface area contributed by atoms with Crippen molar-refractivity contribution in [2.45, 2.75) is 26.7 Å². The first kappa shape index (κ1) is 15.7. The van der Waals surface area contributed by atoms with Gasteiger partial charge in [0.15, 0.2) is 0 Å². The van der Waals surface area contributed by atoms with Crippen molar-refractivity contribution in [3.63, 3.8) is 0 Å². The minimum atomic E-state index is 0.447. The second kappa shape index (κ2) is 6.96. The van der Waals surface area contributed by atoms with Crippen LogP contribution in [-0.2, 0) is 4.74 Å². The summed E-state index contributed by atoms with van der Waals surface area (Å²) in [5.74, 6) is 2.06. The van der Waals surface area contributed by atoms with E-state index in [1.807, 2.05) is 19.1 Å². The van der Waals surface area contributed by atoms with Crippen molar-refractivity contribution in [3.05, 3.63) is 41.6 Å². The molecule has 1 saturated heterocycles. The molecule has 1 fully saturated rings. The third-order valence-corrected chi connectivity index (χ3v) is 4.01. The van der Waals surface area contributed by atoms with Gasteiger partial charge in [-0.15, -0.1) is 0 Å². The third-order valence-electron chi connectivity index (χ3n) is 4.01. The first-order valence-electron chi connectivity index (χ1n) is 8.18. The van der Waals surface area contributed by atoms with Crippen molar-refractivity contribution < 1.29 is 4.74 Å². The highest BCUT2D eigenvalue weighted by atomic mass is 16.5. The van der Waals surface area contributed by atoms with E-state index in [0.29, 0.717) is 11.9 Å². The monoisotopic (exact) mass is 312 g/mol. The molecule has 1 aliphatic rings. The lowest BCUT2D eigenvalue weighted by atomic mass is 10.0. The van der Waals surface area contributed by atoms with Gasteiger partial charge in [-0.2, -0.15) is 4.98 Å². The Labute approximate surface area is 137 Å². The summed E-state index contributed by atoms with van der Waals surface area (Å²) in [4.78, 5) is 11.5. The normalized spacial score (nSPS) is 15.0. The van der Waals surface area contributed by atoms with Crippen LogP contribution in [0.25, 0.3) is 0 Å². The Morgan fingerprint density at radius 3 is 2.61 bits per heavy atom. The molecule has 2 aromatic rings. The summed E-state index contributed by atoms with van der Waals surface area (Å²) in [5.41, 5.74) is 3.30. The number of morpholine rings is 1. The highest BCUT2D eigenvalue weighted by molar-refractivity contribution is 5.60. The average Bonchev–Trinajstić information content (AvgIpc) is 2.55. The van der Waals surface area contributed by atoms with Crippen molar-refractivity contribution in [1.29, 1.82) is 0 Å². The van der Waals surface area contributed by atoms with Crippen LogP contribution in [-0.4, -0.2) is 36.3 Å². The molecular weight excluding hydrogens is 288 g/mol. The molecule has 3 rings (SSSR count). The van der Waals surface area contributed by atoms with Gasteiger partial charge in [0.05, 0.1) is 13.2 Å². The van der Waals surface area contributed by atoms with Gasteiger partial charge in [0.25, 0.3) is 0 Å². The van der Waals surface area contributed by atoms with Crippen molar-refractivity contribution in [2.75, 3.05) is 36.5 Å². The van der Waals surface area contributed by atoms with Gasteiger partial charge in [-0.05, 0) is 24.5 Å². The van der Waals surface area contributed by atoms with Crippen LogP contribution in [0.3, 0.4) is 0 Å². The fraction of sp³-hybridized carbons (Fsp3) is 0.444. The van der Waals surface area contributed by atoms with Crippen LogP contribution in [0.2, 0.25) is 0 Å². The molecular formula is C18H24N4O. The van der Waals surface area contributed by atoms with Gasteiger partial charge in [0, 0.05) is 30.5 Å². The van der Waals surface area contributed by atoms with Gasteiger partial charge in [-0.25, -0.2) is 4.98 Å². The van der Waals surface area contributed by atoms with Crippen LogP contribution in [0, 0.1) is 6.92 Å². The number of aryl methyl sites for hydroxylation is 1. The van der Waals surface area contributed by atoms with Crippen molar-refractivity contribution in [1.82, 2.24) is 9.97 Å². The Kier molecular flexibility index (Phi) is 4.76. The molecule has 0 aliphatic carbocycles. The molecule has 0 radical (unpaired) electrons. The zero-order chi connectivity index (χ0) is 16.2. The molecule has 1 aromatic carbocycles. The largest absolute Gasteiger partial charge is 0.378 e. The van der Waals surface area contributed by atoms with Crippen LogP contribution in [0.1, 0.15) is 31.0 Å². The number of rotatable bonds is 4. The van der Waals surface area contributed by atoms with Crippen LogP contribution < -0.4 is 10.2 Å². The molecule has 0 spiro atoms. The average molecular weight is 312 g/mol. The number of aromatic nitrogens is 2. The van der Waals surface area contributed by atoms with E-state index in [9.17, 15) is 0 Å². The molecule has 0 unspecified atom stereocenters. The molecule has 0 amide bonds. The Morgan fingerprint density at radius 1 is 1.13 bits per heavy atom. The number of hydrogen-bond acceptors (Lipinski definition) is 5.